The SMILES string of the molecule is CC(=O)c1cc(C)cc2c(=O)n(C)c(-c3ccc(C)nc3)nc12. The Hall–Kier alpha value is -2.82. The Morgan fingerprint density at radius 1 is 1.17 bits per heavy atom. The molecule has 2 aromatic heterocycles. The molecule has 0 bridgehead atoms. The van der Waals surface area contributed by atoms with Gasteiger partial charge in [0.2, 0.25) is 0 Å². The number of carbonyl (C=O) groups is 1. The lowest BCUT2D eigenvalue weighted by atomic mass is 10.0. The molecule has 1 aromatic carbocycles. The summed E-state index contributed by atoms with van der Waals surface area (Å²) in [4.78, 5) is 33.5. The zero-order chi connectivity index (χ0) is 16.7. The molecule has 5 heteroatoms. The normalized spacial score (nSPS) is 11.0. The van der Waals surface area contributed by atoms with Crippen molar-refractivity contribution in [2.75, 3.05) is 0 Å². The molecular weight excluding hydrogens is 290 g/mol. The van der Waals surface area contributed by atoms with Gasteiger partial charge in [-0.05, 0) is 50.6 Å². The number of nitrogens with zero attached hydrogens (tertiary/aromatic N) is 3. The van der Waals surface area contributed by atoms with Gasteiger partial charge in [0, 0.05) is 30.1 Å². The molecule has 3 aromatic rings. The smallest absolute Gasteiger partial charge is 0.261 e. The molecule has 5 nitrogen and oxygen atoms in total. The van der Waals surface area contributed by atoms with Crippen LogP contribution in [0.1, 0.15) is 28.5 Å². The second kappa shape index (κ2) is 5.43. The van der Waals surface area contributed by atoms with Crippen LogP contribution in [0.4, 0.5) is 0 Å². The molecule has 0 aliphatic carbocycles. The number of aryl methyl sites for hydroxylation is 2. The minimum Gasteiger partial charge on any atom is -0.295 e. The van der Waals surface area contributed by atoms with E-state index in [9.17, 15) is 9.59 Å². The topological polar surface area (TPSA) is 64.8 Å². The summed E-state index contributed by atoms with van der Waals surface area (Å²) in [7, 11) is 1.68. The summed E-state index contributed by atoms with van der Waals surface area (Å²) in [5, 5.41) is 0.460. The van der Waals surface area contributed by atoms with Crippen LogP contribution in [0.25, 0.3) is 22.3 Å². The van der Waals surface area contributed by atoms with Gasteiger partial charge < -0.3 is 0 Å². The van der Waals surface area contributed by atoms with Crippen molar-refractivity contribution in [1.82, 2.24) is 14.5 Å². The number of carbonyl (C=O) groups excluding carboxylic acids is 1. The summed E-state index contributed by atoms with van der Waals surface area (Å²) < 4.78 is 1.50. The maximum atomic E-state index is 12.7. The van der Waals surface area contributed by atoms with Gasteiger partial charge in [-0.3, -0.25) is 19.1 Å². The minimum absolute atomic E-state index is 0.104. The van der Waals surface area contributed by atoms with Crippen LogP contribution >= 0.6 is 0 Å². The highest BCUT2D eigenvalue weighted by Crippen LogP contribution is 2.22. The van der Waals surface area contributed by atoms with Crippen molar-refractivity contribution in [3.05, 3.63) is 57.6 Å². The highest BCUT2D eigenvalue weighted by Gasteiger charge is 2.15. The molecule has 3 rings (SSSR count). The number of aromatic nitrogens is 3. The highest BCUT2D eigenvalue weighted by molar-refractivity contribution is 6.05. The maximum Gasteiger partial charge on any atom is 0.261 e. The van der Waals surface area contributed by atoms with E-state index in [-0.39, 0.29) is 11.3 Å². The summed E-state index contributed by atoms with van der Waals surface area (Å²) >= 11 is 0. The lowest BCUT2D eigenvalue weighted by Gasteiger charge is -2.11. The zero-order valence-electron chi connectivity index (χ0n) is 13.5. The van der Waals surface area contributed by atoms with Crippen LogP contribution in [0.5, 0.6) is 0 Å². The molecule has 0 saturated heterocycles. The second-order valence-corrected chi connectivity index (χ2v) is 5.75. The highest BCUT2D eigenvalue weighted by atomic mass is 16.1. The molecule has 0 aliphatic rings. The number of ketones is 1. The summed E-state index contributed by atoms with van der Waals surface area (Å²) in [6, 6.07) is 7.28. The molecule has 0 aliphatic heterocycles. The molecule has 0 fully saturated rings. The van der Waals surface area contributed by atoms with E-state index < -0.39 is 0 Å². The molecule has 2 heterocycles. The second-order valence-electron chi connectivity index (χ2n) is 5.75. The Morgan fingerprint density at radius 2 is 1.91 bits per heavy atom. The number of benzene rings is 1. The van der Waals surface area contributed by atoms with Crippen LogP contribution in [0.15, 0.2) is 35.3 Å². The van der Waals surface area contributed by atoms with Crippen molar-refractivity contribution in [3.63, 3.8) is 0 Å². The van der Waals surface area contributed by atoms with E-state index in [1.807, 2.05) is 26.0 Å². The van der Waals surface area contributed by atoms with E-state index in [0.717, 1.165) is 16.8 Å². The monoisotopic (exact) mass is 307 g/mol. The fourth-order valence-electron chi connectivity index (χ4n) is 2.65. The van der Waals surface area contributed by atoms with Crippen molar-refractivity contribution >= 4 is 16.7 Å². The van der Waals surface area contributed by atoms with Crippen LogP contribution in [-0.4, -0.2) is 20.3 Å². The van der Waals surface area contributed by atoms with E-state index in [1.165, 1.54) is 11.5 Å². The van der Waals surface area contributed by atoms with Crippen molar-refractivity contribution in [1.29, 1.82) is 0 Å². The van der Waals surface area contributed by atoms with Gasteiger partial charge in [-0.25, -0.2) is 4.98 Å². The Labute approximate surface area is 133 Å². The van der Waals surface area contributed by atoms with Crippen LogP contribution in [0.2, 0.25) is 0 Å². The van der Waals surface area contributed by atoms with Gasteiger partial charge in [-0.2, -0.15) is 0 Å². The minimum atomic E-state index is -0.170. The quantitative estimate of drug-likeness (QED) is 0.683. The number of Topliss-reactive ketones (excluding diaryl/α,β-unsaturated/α-hetero) is 1. The molecule has 0 amide bonds. The largest absolute Gasteiger partial charge is 0.295 e. The van der Waals surface area contributed by atoms with Gasteiger partial charge in [0.15, 0.2) is 5.78 Å². The third-order valence-corrected chi connectivity index (χ3v) is 3.87. The molecule has 0 radical (unpaired) electrons. The zero-order valence-corrected chi connectivity index (χ0v) is 13.5. The fraction of sp³-hybridized carbons (Fsp3) is 0.222. The average molecular weight is 307 g/mol. The van der Waals surface area contributed by atoms with Gasteiger partial charge in [-0.15, -0.1) is 0 Å². The Morgan fingerprint density at radius 3 is 2.52 bits per heavy atom. The molecule has 0 N–H and O–H groups in total. The van der Waals surface area contributed by atoms with E-state index in [1.54, 1.807) is 25.4 Å². The first kappa shape index (κ1) is 15.1. The molecular formula is C18H17N3O2. The fourth-order valence-corrected chi connectivity index (χ4v) is 2.65. The first-order valence-corrected chi connectivity index (χ1v) is 7.34. The summed E-state index contributed by atoms with van der Waals surface area (Å²) in [5.74, 6) is 0.397. The number of rotatable bonds is 2. The first-order chi connectivity index (χ1) is 10.9. The van der Waals surface area contributed by atoms with Crippen LogP contribution in [0.3, 0.4) is 0 Å². The van der Waals surface area contributed by atoms with Gasteiger partial charge in [0.05, 0.1) is 10.9 Å². The van der Waals surface area contributed by atoms with Crippen molar-refractivity contribution in [2.45, 2.75) is 20.8 Å². The first-order valence-electron chi connectivity index (χ1n) is 7.34. The van der Waals surface area contributed by atoms with Crippen LogP contribution in [0, 0.1) is 13.8 Å². The lowest BCUT2D eigenvalue weighted by Crippen LogP contribution is -2.21. The van der Waals surface area contributed by atoms with Gasteiger partial charge in [0.25, 0.3) is 5.56 Å². The van der Waals surface area contributed by atoms with E-state index in [0.29, 0.717) is 22.3 Å². The average Bonchev–Trinajstić information content (AvgIpc) is 2.51. The van der Waals surface area contributed by atoms with Crippen molar-refractivity contribution in [2.24, 2.45) is 7.05 Å². The Bertz CT molecular complexity index is 986. The lowest BCUT2D eigenvalue weighted by molar-refractivity contribution is 0.101. The van der Waals surface area contributed by atoms with E-state index in [4.69, 9.17) is 0 Å². The third kappa shape index (κ3) is 2.54. The molecule has 0 spiro atoms. The Kier molecular flexibility index (Phi) is 3.56. The van der Waals surface area contributed by atoms with Crippen molar-refractivity contribution < 1.29 is 4.79 Å². The molecule has 0 saturated carbocycles. The van der Waals surface area contributed by atoms with Crippen LogP contribution in [-0.2, 0) is 7.05 Å². The molecule has 0 atom stereocenters. The molecule has 116 valence electrons. The van der Waals surface area contributed by atoms with Crippen molar-refractivity contribution in [3.8, 4) is 11.4 Å². The Balaban J connectivity index is 2.41. The predicted octanol–water partition coefficient (Wildman–Crippen LogP) is 2.81. The maximum absolute atomic E-state index is 12.7. The number of hydrogen-bond acceptors (Lipinski definition) is 4. The van der Waals surface area contributed by atoms with Gasteiger partial charge in [-0.1, -0.05) is 0 Å². The van der Waals surface area contributed by atoms with Gasteiger partial charge in [0.1, 0.15) is 5.82 Å². The molecule has 0 unspecified atom stereocenters. The number of fused-ring (bicyclic) bond motifs is 1. The van der Waals surface area contributed by atoms with Crippen LogP contribution < -0.4 is 5.56 Å². The van der Waals surface area contributed by atoms with Gasteiger partial charge >= 0.3 is 0 Å². The third-order valence-electron chi connectivity index (χ3n) is 3.87. The summed E-state index contributed by atoms with van der Waals surface area (Å²) in [6.07, 6.45) is 1.69. The standard InChI is InChI=1S/C18H17N3O2/c1-10-7-14(12(3)22)16-15(8-10)18(23)21(4)17(20-16)13-6-5-11(2)19-9-13/h5-9H,1-4H3. The van der Waals surface area contributed by atoms with E-state index in [2.05, 4.69) is 9.97 Å². The van der Waals surface area contributed by atoms with E-state index >= 15 is 0 Å². The number of pyridine rings is 1. The summed E-state index contributed by atoms with van der Waals surface area (Å²) in [6.45, 7) is 5.25. The predicted molar refractivity (Wildman–Crippen MR) is 89.7 cm³/mol. The summed E-state index contributed by atoms with van der Waals surface area (Å²) in [5.41, 5.74) is 3.25. The molecule has 23 heavy (non-hydrogen) atoms. The number of hydrogen-bond donors (Lipinski definition) is 0.